The monoisotopic (exact) mass is 560 g/mol. The van der Waals surface area contributed by atoms with Crippen molar-refractivity contribution >= 4 is 46.1 Å². The molecular weight excluding hydrogens is 524 g/mol. The molecule has 0 fully saturated rings. The number of hydrogen-bond acceptors (Lipinski definition) is 6. The number of ether oxygens (including phenoxy) is 1. The van der Waals surface area contributed by atoms with Crippen molar-refractivity contribution in [3.63, 3.8) is 0 Å². The standard InChI is InChI=1S/C30H36N6O5/c1-19(2)41-29(40)28(39)36-25(17-20-9-4-3-5-10-20)27(38)35-24(13-8-16-33-30(31)32)26(37)34-23-15-14-21-11-6-7-12-22(21)18-23/h3-7,9-12,14-15,18-19,24-25H,8,13,16-17H2,1-2H3,(H,34,37)(H,35,38)(H,36,39)(H4,31,32,33)/t24-,25?/m0/s1. The third-order valence-corrected chi connectivity index (χ3v) is 6.07. The van der Waals surface area contributed by atoms with Crippen LogP contribution in [0, 0.1) is 5.41 Å². The van der Waals surface area contributed by atoms with Crippen molar-refractivity contribution in [1.82, 2.24) is 16.0 Å². The molecule has 0 aromatic heterocycles. The van der Waals surface area contributed by atoms with E-state index in [1.54, 1.807) is 44.2 Å². The van der Waals surface area contributed by atoms with Crippen LogP contribution in [0.2, 0.25) is 0 Å². The Morgan fingerprint density at radius 3 is 2.22 bits per heavy atom. The second-order valence-corrected chi connectivity index (χ2v) is 9.76. The van der Waals surface area contributed by atoms with Gasteiger partial charge in [0.15, 0.2) is 5.96 Å². The smallest absolute Gasteiger partial charge is 0.397 e. The molecule has 2 atom stereocenters. The average Bonchev–Trinajstić information content (AvgIpc) is 2.94. The van der Waals surface area contributed by atoms with Crippen molar-refractivity contribution in [3.8, 4) is 0 Å². The second-order valence-electron chi connectivity index (χ2n) is 9.76. The van der Waals surface area contributed by atoms with E-state index in [1.165, 1.54) is 0 Å². The highest BCUT2D eigenvalue weighted by molar-refractivity contribution is 6.33. The van der Waals surface area contributed by atoms with Gasteiger partial charge < -0.3 is 31.7 Å². The molecule has 0 aliphatic carbocycles. The number of carbonyl (C=O) groups excluding carboxylic acids is 4. The van der Waals surface area contributed by atoms with Crippen LogP contribution in [0.5, 0.6) is 0 Å². The van der Waals surface area contributed by atoms with Gasteiger partial charge in [-0.1, -0.05) is 60.7 Å². The van der Waals surface area contributed by atoms with E-state index < -0.39 is 41.9 Å². The van der Waals surface area contributed by atoms with Gasteiger partial charge in [0.1, 0.15) is 12.1 Å². The van der Waals surface area contributed by atoms with Crippen LogP contribution in [-0.4, -0.2) is 54.4 Å². The van der Waals surface area contributed by atoms with E-state index in [2.05, 4.69) is 21.3 Å². The first-order valence-electron chi connectivity index (χ1n) is 13.4. The Kier molecular flexibility index (Phi) is 11.2. The van der Waals surface area contributed by atoms with Gasteiger partial charge >= 0.3 is 11.9 Å². The number of carbonyl (C=O) groups is 4. The zero-order valence-electron chi connectivity index (χ0n) is 23.1. The summed E-state index contributed by atoms with van der Waals surface area (Å²) in [5, 5.41) is 20.0. The van der Waals surface area contributed by atoms with Crippen LogP contribution in [0.15, 0.2) is 72.8 Å². The Hall–Kier alpha value is -4.93. The summed E-state index contributed by atoms with van der Waals surface area (Å²) in [5.41, 5.74) is 6.66. The zero-order chi connectivity index (χ0) is 29.8. The van der Waals surface area contributed by atoms with Gasteiger partial charge in [0.2, 0.25) is 11.8 Å². The van der Waals surface area contributed by atoms with Crippen molar-refractivity contribution in [2.24, 2.45) is 5.73 Å². The van der Waals surface area contributed by atoms with E-state index in [4.69, 9.17) is 15.9 Å². The fourth-order valence-electron chi connectivity index (χ4n) is 4.11. The maximum absolute atomic E-state index is 13.5. The minimum atomic E-state index is -1.16. The predicted octanol–water partition coefficient (Wildman–Crippen LogP) is 2.21. The Balaban J connectivity index is 1.78. The molecular formula is C30H36N6O5. The van der Waals surface area contributed by atoms with Crippen molar-refractivity contribution in [2.45, 2.75) is 51.3 Å². The summed E-state index contributed by atoms with van der Waals surface area (Å²) in [6.07, 6.45) is 0.193. The molecule has 3 aromatic carbocycles. The molecule has 11 nitrogen and oxygen atoms in total. The molecule has 3 amide bonds. The number of fused-ring (bicyclic) bond motifs is 1. The molecule has 0 saturated carbocycles. The molecule has 0 saturated heterocycles. The highest BCUT2D eigenvalue weighted by atomic mass is 16.5. The number of rotatable bonds is 12. The molecule has 3 rings (SSSR count). The fourth-order valence-corrected chi connectivity index (χ4v) is 4.11. The van der Waals surface area contributed by atoms with Gasteiger partial charge in [0.05, 0.1) is 6.10 Å². The quantitative estimate of drug-likeness (QED) is 0.0647. The first-order chi connectivity index (χ1) is 19.6. The molecule has 0 aliphatic rings. The lowest BCUT2D eigenvalue weighted by Gasteiger charge is -2.23. The molecule has 0 aliphatic heterocycles. The van der Waals surface area contributed by atoms with Crippen molar-refractivity contribution in [1.29, 1.82) is 5.41 Å². The highest BCUT2D eigenvalue weighted by Crippen LogP contribution is 2.19. The first kappa shape index (κ1) is 30.6. The van der Waals surface area contributed by atoms with E-state index in [0.717, 1.165) is 16.3 Å². The Bertz CT molecular complexity index is 1380. The maximum Gasteiger partial charge on any atom is 0.397 e. The maximum atomic E-state index is 13.5. The van der Waals surface area contributed by atoms with Crippen LogP contribution in [0.4, 0.5) is 5.69 Å². The van der Waals surface area contributed by atoms with Gasteiger partial charge in [-0.3, -0.25) is 19.8 Å². The van der Waals surface area contributed by atoms with Crippen molar-refractivity contribution in [2.75, 3.05) is 11.9 Å². The van der Waals surface area contributed by atoms with Crippen molar-refractivity contribution in [3.05, 3.63) is 78.4 Å². The van der Waals surface area contributed by atoms with Crippen LogP contribution >= 0.6 is 0 Å². The molecule has 0 spiro atoms. The average molecular weight is 561 g/mol. The van der Waals surface area contributed by atoms with E-state index in [-0.39, 0.29) is 18.8 Å². The van der Waals surface area contributed by atoms with Crippen LogP contribution in [-0.2, 0) is 30.3 Å². The fraction of sp³-hybridized carbons (Fsp3) is 0.300. The highest BCUT2D eigenvalue weighted by Gasteiger charge is 2.29. The molecule has 3 aromatic rings. The van der Waals surface area contributed by atoms with Gasteiger partial charge in [-0.25, -0.2) is 4.79 Å². The van der Waals surface area contributed by atoms with E-state index in [9.17, 15) is 19.2 Å². The predicted molar refractivity (Wildman–Crippen MR) is 157 cm³/mol. The van der Waals surface area contributed by atoms with Crippen LogP contribution in [0.25, 0.3) is 10.8 Å². The van der Waals surface area contributed by atoms with Crippen LogP contribution in [0.1, 0.15) is 32.3 Å². The van der Waals surface area contributed by atoms with Crippen LogP contribution < -0.4 is 27.0 Å². The summed E-state index contributed by atoms with van der Waals surface area (Å²) in [5.74, 6) is -3.47. The number of guanidine groups is 1. The topological polar surface area (TPSA) is 176 Å². The third kappa shape index (κ3) is 9.95. The largest absolute Gasteiger partial charge is 0.456 e. The molecule has 41 heavy (non-hydrogen) atoms. The first-order valence-corrected chi connectivity index (χ1v) is 13.4. The molecule has 1 unspecified atom stereocenters. The number of hydrogen-bond donors (Lipinski definition) is 6. The Morgan fingerprint density at radius 2 is 1.54 bits per heavy atom. The summed E-state index contributed by atoms with van der Waals surface area (Å²) in [6, 6.07) is 20.0. The number of anilines is 1. The molecule has 0 radical (unpaired) electrons. The number of esters is 1. The minimum absolute atomic E-state index is 0.0816. The van der Waals surface area contributed by atoms with Gasteiger partial charge in [-0.05, 0) is 55.2 Å². The summed E-state index contributed by atoms with van der Waals surface area (Å²) < 4.78 is 4.96. The number of nitrogens with two attached hydrogens (primary N) is 1. The Morgan fingerprint density at radius 1 is 0.854 bits per heavy atom. The number of amides is 3. The second kappa shape index (κ2) is 15.0. The van der Waals surface area contributed by atoms with Gasteiger partial charge in [0.25, 0.3) is 0 Å². The lowest BCUT2D eigenvalue weighted by molar-refractivity contribution is -0.158. The van der Waals surface area contributed by atoms with E-state index in [0.29, 0.717) is 18.7 Å². The normalized spacial score (nSPS) is 12.2. The lowest BCUT2D eigenvalue weighted by atomic mass is 10.0. The SMILES string of the molecule is CC(C)OC(=O)C(=O)NC(Cc1ccccc1)C(=O)N[C@@H](CCCNC(=N)N)C(=O)Nc1ccc2ccccc2c1. The van der Waals surface area contributed by atoms with E-state index >= 15 is 0 Å². The summed E-state index contributed by atoms with van der Waals surface area (Å²) in [6.45, 7) is 3.54. The van der Waals surface area contributed by atoms with Crippen molar-refractivity contribution < 1.29 is 23.9 Å². The third-order valence-electron chi connectivity index (χ3n) is 6.07. The summed E-state index contributed by atoms with van der Waals surface area (Å²) in [7, 11) is 0. The molecule has 7 N–H and O–H groups in total. The van der Waals surface area contributed by atoms with Gasteiger partial charge in [0, 0.05) is 18.7 Å². The molecule has 0 bridgehead atoms. The van der Waals surface area contributed by atoms with E-state index in [1.807, 2.05) is 42.5 Å². The molecule has 216 valence electrons. The van der Waals surface area contributed by atoms with Crippen LogP contribution in [0.3, 0.4) is 0 Å². The molecule has 0 heterocycles. The minimum Gasteiger partial charge on any atom is -0.456 e. The number of benzene rings is 3. The molecule has 11 heteroatoms. The zero-order valence-corrected chi connectivity index (χ0v) is 23.1. The van der Waals surface area contributed by atoms with Gasteiger partial charge in [-0.2, -0.15) is 0 Å². The lowest BCUT2D eigenvalue weighted by Crippen LogP contribution is -2.54. The Labute approximate surface area is 238 Å². The summed E-state index contributed by atoms with van der Waals surface area (Å²) in [4.78, 5) is 51.6. The summed E-state index contributed by atoms with van der Waals surface area (Å²) >= 11 is 0. The number of nitrogens with one attached hydrogen (secondary N) is 5. The van der Waals surface area contributed by atoms with Gasteiger partial charge in [-0.15, -0.1) is 0 Å².